The SMILES string of the molecule is CC[CH]c1ccc(Oc2ncccn2)cc1. The Morgan fingerprint density at radius 2 is 1.81 bits per heavy atom. The topological polar surface area (TPSA) is 35.0 Å². The Balaban J connectivity index is 2.05. The van der Waals surface area contributed by atoms with Gasteiger partial charge in [0.2, 0.25) is 0 Å². The van der Waals surface area contributed by atoms with Crippen LogP contribution in [0.15, 0.2) is 42.7 Å². The molecule has 0 fully saturated rings. The summed E-state index contributed by atoms with van der Waals surface area (Å²) in [5.41, 5.74) is 1.20. The third-order valence-corrected chi connectivity index (χ3v) is 2.07. The van der Waals surface area contributed by atoms with Gasteiger partial charge in [0, 0.05) is 12.4 Å². The Morgan fingerprint density at radius 3 is 2.44 bits per heavy atom. The zero-order valence-corrected chi connectivity index (χ0v) is 9.13. The second-order valence-electron chi connectivity index (χ2n) is 3.31. The van der Waals surface area contributed by atoms with Crippen LogP contribution < -0.4 is 4.74 Å². The first-order valence-electron chi connectivity index (χ1n) is 5.26. The minimum absolute atomic E-state index is 0.370. The lowest BCUT2D eigenvalue weighted by Crippen LogP contribution is -1.90. The van der Waals surface area contributed by atoms with Crippen LogP contribution in [0.1, 0.15) is 18.9 Å². The fourth-order valence-corrected chi connectivity index (χ4v) is 1.35. The van der Waals surface area contributed by atoms with Crippen LogP contribution in [0.4, 0.5) is 0 Å². The first kappa shape index (κ1) is 10.6. The molecule has 1 heterocycles. The molecule has 0 aliphatic carbocycles. The van der Waals surface area contributed by atoms with E-state index in [2.05, 4.69) is 23.3 Å². The van der Waals surface area contributed by atoms with Crippen LogP contribution in [-0.2, 0) is 0 Å². The number of hydrogen-bond donors (Lipinski definition) is 0. The maximum Gasteiger partial charge on any atom is 0.321 e. The van der Waals surface area contributed by atoms with E-state index in [4.69, 9.17) is 4.74 Å². The normalized spacial score (nSPS) is 10.1. The Bertz CT molecular complexity index is 425. The van der Waals surface area contributed by atoms with Gasteiger partial charge in [-0.15, -0.1) is 0 Å². The zero-order chi connectivity index (χ0) is 11.2. The Labute approximate surface area is 95.1 Å². The Morgan fingerprint density at radius 1 is 1.12 bits per heavy atom. The van der Waals surface area contributed by atoms with E-state index in [1.807, 2.05) is 24.3 Å². The Hall–Kier alpha value is -1.90. The molecular formula is C13H13N2O. The second-order valence-corrected chi connectivity index (χ2v) is 3.31. The van der Waals surface area contributed by atoms with E-state index in [1.165, 1.54) is 5.56 Å². The quantitative estimate of drug-likeness (QED) is 0.782. The zero-order valence-electron chi connectivity index (χ0n) is 9.13. The van der Waals surface area contributed by atoms with Crippen molar-refractivity contribution in [2.45, 2.75) is 13.3 Å². The first-order chi connectivity index (χ1) is 7.88. The average molecular weight is 213 g/mol. The summed E-state index contributed by atoms with van der Waals surface area (Å²) in [6.07, 6.45) is 6.49. The molecule has 81 valence electrons. The van der Waals surface area contributed by atoms with E-state index in [9.17, 15) is 0 Å². The lowest BCUT2D eigenvalue weighted by molar-refractivity contribution is 0.441. The van der Waals surface area contributed by atoms with Crippen LogP contribution in [0.2, 0.25) is 0 Å². The highest BCUT2D eigenvalue weighted by Crippen LogP contribution is 2.18. The highest BCUT2D eigenvalue weighted by atomic mass is 16.5. The molecule has 0 saturated heterocycles. The van der Waals surface area contributed by atoms with Crippen molar-refractivity contribution >= 4 is 0 Å². The maximum atomic E-state index is 5.48. The molecule has 0 bridgehead atoms. The molecule has 0 spiro atoms. The van der Waals surface area contributed by atoms with E-state index in [1.54, 1.807) is 18.5 Å². The Kier molecular flexibility index (Phi) is 3.49. The molecule has 0 atom stereocenters. The molecule has 16 heavy (non-hydrogen) atoms. The molecule has 2 rings (SSSR count). The molecule has 2 aromatic rings. The van der Waals surface area contributed by atoms with Crippen molar-refractivity contribution in [2.24, 2.45) is 0 Å². The lowest BCUT2D eigenvalue weighted by atomic mass is 10.1. The number of hydrogen-bond acceptors (Lipinski definition) is 3. The number of benzene rings is 1. The average Bonchev–Trinajstić information content (AvgIpc) is 2.33. The van der Waals surface area contributed by atoms with Crippen LogP contribution in [-0.4, -0.2) is 9.97 Å². The van der Waals surface area contributed by atoms with E-state index in [0.717, 1.165) is 12.2 Å². The van der Waals surface area contributed by atoms with Crippen molar-refractivity contribution in [1.82, 2.24) is 9.97 Å². The molecule has 1 aromatic carbocycles. The highest BCUT2D eigenvalue weighted by molar-refractivity contribution is 5.32. The van der Waals surface area contributed by atoms with Gasteiger partial charge in [0.15, 0.2) is 0 Å². The third kappa shape index (κ3) is 2.79. The summed E-state index contributed by atoms with van der Waals surface area (Å²) >= 11 is 0. The highest BCUT2D eigenvalue weighted by Gasteiger charge is 1.98. The van der Waals surface area contributed by atoms with E-state index in [-0.39, 0.29) is 0 Å². The van der Waals surface area contributed by atoms with Gasteiger partial charge in [-0.2, -0.15) is 0 Å². The van der Waals surface area contributed by atoms with Gasteiger partial charge in [-0.1, -0.05) is 19.1 Å². The number of aromatic nitrogens is 2. The summed E-state index contributed by atoms with van der Waals surface area (Å²) in [7, 11) is 0. The molecule has 1 aromatic heterocycles. The van der Waals surface area contributed by atoms with Gasteiger partial charge in [-0.25, -0.2) is 9.97 Å². The van der Waals surface area contributed by atoms with Crippen molar-refractivity contribution in [2.75, 3.05) is 0 Å². The molecule has 0 unspecified atom stereocenters. The van der Waals surface area contributed by atoms with Crippen LogP contribution in [0, 0.1) is 6.42 Å². The van der Waals surface area contributed by atoms with Gasteiger partial charge >= 0.3 is 6.01 Å². The third-order valence-electron chi connectivity index (χ3n) is 2.07. The van der Waals surface area contributed by atoms with Gasteiger partial charge < -0.3 is 4.74 Å². The van der Waals surface area contributed by atoms with Crippen LogP contribution in [0.25, 0.3) is 0 Å². The minimum atomic E-state index is 0.370. The summed E-state index contributed by atoms with van der Waals surface area (Å²) in [6.45, 7) is 2.11. The van der Waals surface area contributed by atoms with Crippen LogP contribution >= 0.6 is 0 Å². The number of ether oxygens (including phenoxy) is 1. The molecule has 0 aliphatic heterocycles. The van der Waals surface area contributed by atoms with Crippen molar-refractivity contribution in [3.05, 3.63) is 54.7 Å². The van der Waals surface area contributed by atoms with Crippen molar-refractivity contribution < 1.29 is 4.74 Å². The summed E-state index contributed by atoms with van der Waals surface area (Å²) in [4.78, 5) is 7.98. The maximum absolute atomic E-state index is 5.48. The van der Waals surface area contributed by atoms with E-state index in [0.29, 0.717) is 6.01 Å². The van der Waals surface area contributed by atoms with Crippen molar-refractivity contribution in [3.8, 4) is 11.8 Å². The fourth-order valence-electron chi connectivity index (χ4n) is 1.35. The second kappa shape index (κ2) is 5.26. The molecule has 3 nitrogen and oxygen atoms in total. The number of nitrogens with zero attached hydrogens (tertiary/aromatic N) is 2. The van der Waals surface area contributed by atoms with Crippen LogP contribution in [0.5, 0.6) is 11.8 Å². The largest absolute Gasteiger partial charge is 0.424 e. The number of rotatable bonds is 4. The van der Waals surface area contributed by atoms with E-state index < -0.39 is 0 Å². The summed E-state index contributed by atoms with van der Waals surface area (Å²) in [5.74, 6) is 0.749. The van der Waals surface area contributed by atoms with Crippen molar-refractivity contribution in [3.63, 3.8) is 0 Å². The van der Waals surface area contributed by atoms with Gasteiger partial charge in [0.05, 0.1) is 0 Å². The molecule has 0 saturated carbocycles. The summed E-state index contributed by atoms with van der Waals surface area (Å²) in [5, 5.41) is 0. The van der Waals surface area contributed by atoms with E-state index >= 15 is 0 Å². The predicted octanol–water partition coefficient (Wildman–Crippen LogP) is 3.23. The smallest absolute Gasteiger partial charge is 0.321 e. The summed E-state index contributed by atoms with van der Waals surface area (Å²) in [6, 6.07) is 9.99. The van der Waals surface area contributed by atoms with Crippen molar-refractivity contribution in [1.29, 1.82) is 0 Å². The standard InChI is InChI=1S/C13H13N2O/c1-2-4-11-5-7-12(8-6-11)16-13-14-9-3-10-15-13/h3-10H,2H2,1H3. The first-order valence-corrected chi connectivity index (χ1v) is 5.26. The minimum Gasteiger partial charge on any atom is -0.424 e. The monoisotopic (exact) mass is 213 g/mol. The predicted molar refractivity (Wildman–Crippen MR) is 62.2 cm³/mol. The molecular weight excluding hydrogens is 200 g/mol. The lowest BCUT2D eigenvalue weighted by Gasteiger charge is -2.03. The van der Waals surface area contributed by atoms with Gasteiger partial charge in [0.25, 0.3) is 0 Å². The van der Waals surface area contributed by atoms with Gasteiger partial charge in [-0.05, 0) is 36.6 Å². The molecule has 0 amide bonds. The summed E-state index contributed by atoms with van der Waals surface area (Å²) < 4.78 is 5.48. The molecule has 0 N–H and O–H groups in total. The molecule has 1 radical (unpaired) electrons. The molecule has 0 aliphatic rings. The van der Waals surface area contributed by atoms with Gasteiger partial charge in [-0.3, -0.25) is 0 Å². The van der Waals surface area contributed by atoms with Crippen LogP contribution in [0.3, 0.4) is 0 Å². The van der Waals surface area contributed by atoms with Gasteiger partial charge in [0.1, 0.15) is 5.75 Å². The molecule has 3 heteroatoms. The fraction of sp³-hybridized carbons (Fsp3) is 0.154.